The summed E-state index contributed by atoms with van der Waals surface area (Å²) in [6, 6.07) is 5.07. The lowest BCUT2D eigenvalue weighted by Gasteiger charge is -2.35. The predicted molar refractivity (Wildman–Crippen MR) is 75.5 cm³/mol. The van der Waals surface area contributed by atoms with Crippen molar-refractivity contribution in [1.82, 2.24) is 4.90 Å². The van der Waals surface area contributed by atoms with Crippen molar-refractivity contribution in [3.8, 4) is 0 Å². The maximum atomic E-state index is 11.3. The highest BCUT2D eigenvalue weighted by molar-refractivity contribution is 5.74. The zero-order valence-electron chi connectivity index (χ0n) is 11.4. The van der Waals surface area contributed by atoms with Gasteiger partial charge in [-0.15, -0.1) is 0 Å². The molecule has 0 radical (unpaired) electrons. The van der Waals surface area contributed by atoms with Gasteiger partial charge < -0.3 is 15.5 Å². The predicted octanol–water partition coefficient (Wildman–Crippen LogP) is 0.722. The van der Waals surface area contributed by atoms with E-state index in [1.165, 1.54) is 13.0 Å². The molecular weight excluding hydrogens is 260 g/mol. The first kappa shape index (κ1) is 14.3. The van der Waals surface area contributed by atoms with Crippen molar-refractivity contribution in [2.75, 3.05) is 31.1 Å². The smallest absolute Gasteiger partial charge is 0.292 e. The molecule has 2 rings (SSSR count). The molecule has 0 unspecified atom stereocenters. The summed E-state index contributed by atoms with van der Waals surface area (Å²) in [6.07, 6.45) is 0. The molecule has 1 fully saturated rings. The van der Waals surface area contributed by atoms with Gasteiger partial charge in [0.15, 0.2) is 0 Å². The topological polar surface area (TPSA) is 92.7 Å². The van der Waals surface area contributed by atoms with E-state index in [2.05, 4.69) is 0 Å². The number of carbonyl (C=O) groups is 1. The lowest BCUT2D eigenvalue weighted by molar-refractivity contribution is -0.384. The third-order valence-corrected chi connectivity index (χ3v) is 3.54. The van der Waals surface area contributed by atoms with Crippen LogP contribution in [0.4, 0.5) is 11.4 Å². The lowest BCUT2D eigenvalue weighted by Crippen LogP contribution is -2.48. The van der Waals surface area contributed by atoms with Crippen LogP contribution in [0.5, 0.6) is 0 Å². The summed E-state index contributed by atoms with van der Waals surface area (Å²) in [5.41, 5.74) is 6.92. The second-order valence-electron chi connectivity index (χ2n) is 4.78. The standard InChI is InChI=1S/C13H18N4O3/c1-10(18)15-4-6-16(7-5-15)12-3-2-11(9-14)8-13(12)17(19)20/h2-3,8H,4-7,9,14H2,1H3. The summed E-state index contributed by atoms with van der Waals surface area (Å²) in [6.45, 7) is 4.19. The van der Waals surface area contributed by atoms with Gasteiger partial charge in [-0.3, -0.25) is 14.9 Å². The fourth-order valence-electron chi connectivity index (χ4n) is 2.37. The van der Waals surface area contributed by atoms with Crippen molar-refractivity contribution < 1.29 is 9.72 Å². The minimum Gasteiger partial charge on any atom is -0.362 e. The van der Waals surface area contributed by atoms with Crippen LogP contribution in [-0.2, 0) is 11.3 Å². The molecule has 1 amide bonds. The van der Waals surface area contributed by atoms with E-state index >= 15 is 0 Å². The highest BCUT2D eigenvalue weighted by atomic mass is 16.6. The van der Waals surface area contributed by atoms with Gasteiger partial charge in [0.25, 0.3) is 5.69 Å². The molecule has 7 nitrogen and oxygen atoms in total. The number of nitrogens with two attached hydrogens (primary N) is 1. The van der Waals surface area contributed by atoms with Gasteiger partial charge in [0.2, 0.25) is 5.91 Å². The molecule has 1 heterocycles. The first-order chi connectivity index (χ1) is 9.52. The van der Waals surface area contributed by atoms with Crippen LogP contribution in [0.1, 0.15) is 12.5 Å². The van der Waals surface area contributed by atoms with Gasteiger partial charge >= 0.3 is 0 Å². The number of amides is 1. The molecule has 0 aromatic heterocycles. The summed E-state index contributed by atoms with van der Waals surface area (Å²) >= 11 is 0. The number of hydrogen-bond acceptors (Lipinski definition) is 5. The fourth-order valence-corrected chi connectivity index (χ4v) is 2.37. The van der Waals surface area contributed by atoms with Crippen molar-refractivity contribution in [2.24, 2.45) is 5.73 Å². The van der Waals surface area contributed by atoms with E-state index in [9.17, 15) is 14.9 Å². The van der Waals surface area contributed by atoms with Crippen molar-refractivity contribution in [3.05, 3.63) is 33.9 Å². The van der Waals surface area contributed by atoms with Crippen LogP contribution >= 0.6 is 0 Å². The summed E-state index contributed by atoms with van der Waals surface area (Å²) in [4.78, 5) is 25.8. The van der Waals surface area contributed by atoms with Crippen LogP contribution in [0.25, 0.3) is 0 Å². The van der Waals surface area contributed by atoms with Crippen LogP contribution < -0.4 is 10.6 Å². The monoisotopic (exact) mass is 278 g/mol. The van der Waals surface area contributed by atoms with Gasteiger partial charge in [0.1, 0.15) is 5.69 Å². The van der Waals surface area contributed by atoms with Crippen LogP contribution in [0.3, 0.4) is 0 Å². The van der Waals surface area contributed by atoms with E-state index in [1.807, 2.05) is 4.90 Å². The van der Waals surface area contributed by atoms with E-state index in [0.29, 0.717) is 31.9 Å². The van der Waals surface area contributed by atoms with Crippen LogP contribution in [0, 0.1) is 10.1 Å². The molecule has 7 heteroatoms. The second kappa shape index (κ2) is 5.87. The number of benzene rings is 1. The highest BCUT2D eigenvalue weighted by Crippen LogP contribution is 2.30. The molecule has 20 heavy (non-hydrogen) atoms. The molecule has 1 aromatic rings. The Morgan fingerprint density at radius 3 is 2.50 bits per heavy atom. The number of rotatable bonds is 3. The van der Waals surface area contributed by atoms with Gasteiger partial charge in [-0.05, 0) is 11.6 Å². The van der Waals surface area contributed by atoms with Crippen LogP contribution in [-0.4, -0.2) is 41.9 Å². The number of anilines is 1. The lowest BCUT2D eigenvalue weighted by atomic mass is 10.1. The van der Waals surface area contributed by atoms with Crippen LogP contribution in [0.2, 0.25) is 0 Å². The highest BCUT2D eigenvalue weighted by Gasteiger charge is 2.24. The fraction of sp³-hybridized carbons (Fsp3) is 0.462. The molecule has 1 aliphatic heterocycles. The number of hydrogen-bond donors (Lipinski definition) is 1. The Morgan fingerprint density at radius 2 is 2.00 bits per heavy atom. The molecule has 1 saturated heterocycles. The summed E-state index contributed by atoms with van der Waals surface area (Å²) in [7, 11) is 0. The summed E-state index contributed by atoms with van der Waals surface area (Å²) in [5.74, 6) is 0.0395. The third kappa shape index (κ3) is 2.88. The number of nitro groups is 1. The Bertz CT molecular complexity index is 524. The second-order valence-corrected chi connectivity index (χ2v) is 4.78. The van der Waals surface area contributed by atoms with E-state index in [1.54, 1.807) is 17.0 Å². The molecule has 2 N–H and O–H groups in total. The van der Waals surface area contributed by atoms with Gasteiger partial charge in [-0.2, -0.15) is 0 Å². The quantitative estimate of drug-likeness (QED) is 0.649. The first-order valence-electron chi connectivity index (χ1n) is 6.50. The largest absolute Gasteiger partial charge is 0.362 e. The van der Waals surface area contributed by atoms with E-state index in [0.717, 1.165) is 5.56 Å². The molecule has 0 spiro atoms. The SMILES string of the molecule is CC(=O)N1CCN(c2ccc(CN)cc2[N+](=O)[O-])CC1. The molecule has 1 aromatic carbocycles. The van der Waals surface area contributed by atoms with Crippen molar-refractivity contribution in [2.45, 2.75) is 13.5 Å². The van der Waals surface area contributed by atoms with E-state index in [-0.39, 0.29) is 23.1 Å². The number of carbonyl (C=O) groups excluding carboxylic acids is 1. The van der Waals surface area contributed by atoms with Gasteiger partial charge in [0, 0.05) is 45.7 Å². The third-order valence-electron chi connectivity index (χ3n) is 3.54. The molecule has 0 saturated carbocycles. The van der Waals surface area contributed by atoms with Crippen molar-refractivity contribution >= 4 is 17.3 Å². The Balaban J connectivity index is 2.21. The number of nitro benzene ring substituents is 1. The minimum atomic E-state index is -0.383. The van der Waals surface area contributed by atoms with Gasteiger partial charge in [-0.25, -0.2) is 0 Å². The van der Waals surface area contributed by atoms with Crippen molar-refractivity contribution in [1.29, 1.82) is 0 Å². The molecule has 108 valence electrons. The van der Waals surface area contributed by atoms with Gasteiger partial charge in [0.05, 0.1) is 4.92 Å². The molecular formula is C13H18N4O3. The normalized spacial score (nSPS) is 15.3. The molecule has 0 bridgehead atoms. The summed E-state index contributed by atoms with van der Waals surface area (Å²) in [5, 5.41) is 11.2. The average molecular weight is 278 g/mol. The molecule has 0 aliphatic carbocycles. The number of nitrogens with zero attached hydrogens (tertiary/aromatic N) is 3. The van der Waals surface area contributed by atoms with Crippen molar-refractivity contribution in [3.63, 3.8) is 0 Å². The summed E-state index contributed by atoms with van der Waals surface area (Å²) < 4.78 is 0. The Hall–Kier alpha value is -2.15. The Kier molecular flexibility index (Phi) is 4.19. The maximum absolute atomic E-state index is 11.3. The van der Waals surface area contributed by atoms with E-state index in [4.69, 9.17) is 5.73 Å². The number of piperazine rings is 1. The Morgan fingerprint density at radius 1 is 1.35 bits per heavy atom. The maximum Gasteiger partial charge on any atom is 0.292 e. The first-order valence-corrected chi connectivity index (χ1v) is 6.50. The molecule has 1 aliphatic rings. The molecule has 0 atom stereocenters. The average Bonchev–Trinajstić information content (AvgIpc) is 2.46. The zero-order valence-corrected chi connectivity index (χ0v) is 11.4. The Labute approximate surface area is 117 Å². The zero-order chi connectivity index (χ0) is 14.7. The van der Waals surface area contributed by atoms with Crippen LogP contribution in [0.15, 0.2) is 18.2 Å². The minimum absolute atomic E-state index is 0.0395. The van der Waals surface area contributed by atoms with Gasteiger partial charge in [-0.1, -0.05) is 6.07 Å². The van der Waals surface area contributed by atoms with E-state index < -0.39 is 0 Å².